The van der Waals surface area contributed by atoms with Crippen LogP contribution in [0.15, 0.2) is 30.6 Å². The number of benzene rings is 1. The lowest BCUT2D eigenvalue weighted by Gasteiger charge is -2.06. The summed E-state index contributed by atoms with van der Waals surface area (Å²) >= 11 is 0. The van der Waals surface area contributed by atoms with Crippen molar-refractivity contribution in [1.82, 2.24) is 9.55 Å². The van der Waals surface area contributed by atoms with Crippen LogP contribution in [0.4, 0.5) is 4.39 Å². The number of nitrogens with zero attached hydrogens (tertiary/aromatic N) is 2. The van der Waals surface area contributed by atoms with E-state index in [-0.39, 0.29) is 5.56 Å². The van der Waals surface area contributed by atoms with E-state index in [0.717, 1.165) is 24.4 Å². The normalized spacial score (nSPS) is 10.6. The summed E-state index contributed by atoms with van der Waals surface area (Å²) in [7, 11) is 0. The molecule has 0 spiro atoms. The number of aldehydes is 1. The van der Waals surface area contributed by atoms with Gasteiger partial charge in [0.2, 0.25) is 0 Å². The summed E-state index contributed by atoms with van der Waals surface area (Å²) < 4.78 is 15.5. The van der Waals surface area contributed by atoms with E-state index in [9.17, 15) is 9.18 Å². The molecule has 0 N–H and O–H groups in total. The van der Waals surface area contributed by atoms with E-state index in [1.165, 1.54) is 12.1 Å². The van der Waals surface area contributed by atoms with Crippen molar-refractivity contribution in [2.24, 2.45) is 0 Å². The number of hydrogen-bond donors (Lipinski definition) is 0. The van der Waals surface area contributed by atoms with E-state index in [0.29, 0.717) is 12.7 Å². The molecule has 2 aromatic rings. The molecule has 0 saturated carbocycles. The molecule has 3 nitrogen and oxygen atoms in total. The van der Waals surface area contributed by atoms with Crippen LogP contribution in [-0.4, -0.2) is 15.8 Å². The SMILES string of the molecule is CCCn1ccnc1Cc1ccc(C=O)c(F)c1. The first-order chi connectivity index (χ1) is 8.74. The van der Waals surface area contributed by atoms with Crippen molar-refractivity contribution in [3.63, 3.8) is 0 Å². The Balaban J connectivity index is 2.20. The minimum atomic E-state index is -0.476. The van der Waals surface area contributed by atoms with Gasteiger partial charge >= 0.3 is 0 Å². The Hall–Kier alpha value is -1.97. The zero-order chi connectivity index (χ0) is 13.0. The lowest BCUT2D eigenvalue weighted by molar-refractivity contribution is 0.112. The number of halogens is 1. The molecule has 0 unspecified atom stereocenters. The van der Waals surface area contributed by atoms with Gasteiger partial charge in [-0.15, -0.1) is 0 Å². The molecule has 0 radical (unpaired) electrons. The first-order valence-corrected chi connectivity index (χ1v) is 5.98. The maximum atomic E-state index is 13.5. The molecule has 0 aliphatic rings. The summed E-state index contributed by atoms with van der Waals surface area (Å²) in [5.41, 5.74) is 0.914. The topological polar surface area (TPSA) is 34.9 Å². The first kappa shape index (κ1) is 12.5. The molecule has 0 saturated heterocycles. The molecule has 1 aromatic carbocycles. The number of rotatable bonds is 5. The van der Waals surface area contributed by atoms with Crippen LogP contribution in [0.2, 0.25) is 0 Å². The van der Waals surface area contributed by atoms with E-state index in [1.54, 1.807) is 12.3 Å². The minimum absolute atomic E-state index is 0.0932. The summed E-state index contributed by atoms with van der Waals surface area (Å²) in [6, 6.07) is 4.66. The highest BCUT2D eigenvalue weighted by Gasteiger charge is 2.06. The minimum Gasteiger partial charge on any atom is -0.335 e. The molecule has 0 fully saturated rings. The second-order valence-corrected chi connectivity index (χ2v) is 4.19. The molecule has 1 heterocycles. The third-order valence-corrected chi connectivity index (χ3v) is 2.82. The van der Waals surface area contributed by atoms with Crippen molar-refractivity contribution in [1.29, 1.82) is 0 Å². The first-order valence-electron chi connectivity index (χ1n) is 5.98. The molecule has 0 atom stereocenters. The van der Waals surface area contributed by atoms with E-state index >= 15 is 0 Å². The number of aryl methyl sites for hydroxylation is 1. The number of carbonyl (C=O) groups is 1. The van der Waals surface area contributed by atoms with Crippen LogP contribution < -0.4 is 0 Å². The highest BCUT2D eigenvalue weighted by molar-refractivity contribution is 5.75. The largest absolute Gasteiger partial charge is 0.335 e. The molecule has 0 aliphatic heterocycles. The highest BCUT2D eigenvalue weighted by atomic mass is 19.1. The van der Waals surface area contributed by atoms with Crippen LogP contribution in [0.25, 0.3) is 0 Å². The Morgan fingerprint density at radius 3 is 2.94 bits per heavy atom. The van der Waals surface area contributed by atoms with Gasteiger partial charge < -0.3 is 4.57 Å². The molecule has 0 aliphatic carbocycles. The maximum Gasteiger partial charge on any atom is 0.152 e. The molecular weight excluding hydrogens is 231 g/mol. The zero-order valence-corrected chi connectivity index (χ0v) is 10.3. The molecule has 0 amide bonds. The lowest BCUT2D eigenvalue weighted by Crippen LogP contribution is -2.04. The van der Waals surface area contributed by atoms with Crippen LogP contribution in [0.3, 0.4) is 0 Å². The van der Waals surface area contributed by atoms with Crippen molar-refractivity contribution in [2.75, 3.05) is 0 Å². The van der Waals surface area contributed by atoms with Crippen molar-refractivity contribution in [3.05, 3.63) is 53.4 Å². The molecule has 2 rings (SSSR count). The Morgan fingerprint density at radius 2 is 2.28 bits per heavy atom. The van der Waals surface area contributed by atoms with Crippen molar-refractivity contribution in [2.45, 2.75) is 26.3 Å². The second kappa shape index (κ2) is 5.58. The quantitative estimate of drug-likeness (QED) is 0.760. The molecular formula is C14H15FN2O. The van der Waals surface area contributed by atoms with Crippen LogP contribution in [0.5, 0.6) is 0 Å². The van der Waals surface area contributed by atoms with Gasteiger partial charge in [0.15, 0.2) is 6.29 Å². The number of imidazole rings is 1. The predicted molar refractivity (Wildman–Crippen MR) is 67.1 cm³/mol. The fraction of sp³-hybridized carbons (Fsp3) is 0.286. The van der Waals surface area contributed by atoms with Gasteiger partial charge in [0.05, 0.1) is 5.56 Å². The van der Waals surface area contributed by atoms with Gasteiger partial charge in [-0.25, -0.2) is 9.37 Å². The van der Waals surface area contributed by atoms with Crippen molar-refractivity contribution < 1.29 is 9.18 Å². The summed E-state index contributed by atoms with van der Waals surface area (Å²) in [5, 5.41) is 0. The third-order valence-electron chi connectivity index (χ3n) is 2.82. The number of aromatic nitrogens is 2. The number of hydrogen-bond acceptors (Lipinski definition) is 2. The molecule has 4 heteroatoms. The Labute approximate surface area is 105 Å². The van der Waals surface area contributed by atoms with Gasteiger partial charge in [0.1, 0.15) is 11.6 Å². The fourth-order valence-electron chi connectivity index (χ4n) is 1.91. The van der Waals surface area contributed by atoms with Gasteiger partial charge in [0.25, 0.3) is 0 Å². The van der Waals surface area contributed by atoms with E-state index in [1.807, 2.05) is 6.20 Å². The van der Waals surface area contributed by atoms with Crippen molar-refractivity contribution >= 4 is 6.29 Å². The third kappa shape index (κ3) is 2.64. The van der Waals surface area contributed by atoms with Gasteiger partial charge in [-0.05, 0) is 24.1 Å². The predicted octanol–water partition coefficient (Wildman–Crippen LogP) is 2.84. The summed E-state index contributed by atoms with van der Waals surface area (Å²) in [4.78, 5) is 14.8. The Morgan fingerprint density at radius 1 is 1.44 bits per heavy atom. The standard InChI is InChI=1S/C14H15FN2O/c1-2-6-17-7-5-16-14(17)9-11-3-4-12(10-18)13(15)8-11/h3-5,7-8,10H,2,6,9H2,1H3. The fourth-order valence-corrected chi connectivity index (χ4v) is 1.91. The van der Waals surface area contributed by atoms with Gasteiger partial charge in [-0.2, -0.15) is 0 Å². The summed E-state index contributed by atoms with van der Waals surface area (Å²) in [6.07, 6.45) is 5.80. The summed E-state index contributed by atoms with van der Waals surface area (Å²) in [6.45, 7) is 3.01. The zero-order valence-electron chi connectivity index (χ0n) is 10.3. The average molecular weight is 246 g/mol. The average Bonchev–Trinajstić information content (AvgIpc) is 2.78. The molecule has 94 valence electrons. The summed E-state index contributed by atoms with van der Waals surface area (Å²) in [5.74, 6) is 0.436. The van der Waals surface area contributed by atoms with Gasteiger partial charge in [0, 0.05) is 25.4 Å². The monoisotopic (exact) mass is 246 g/mol. The van der Waals surface area contributed by atoms with Crippen molar-refractivity contribution in [3.8, 4) is 0 Å². The maximum absolute atomic E-state index is 13.5. The Kier molecular flexibility index (Phi) is 3.87. The van der Waals surface area contributed by atoms with E-state index < -0.39 is 5.82 Å². The Bertz CT molecular complexity index is 548. The number of carbonyl (C=O) groups excluding carboxylic acids is 1. The van der Waals surface area contributed by atoms with Crippen LogP contribution >= 0.6 is 0 Å². The molecule has 0 bridgehead atoms. The van der Waals surface area contributed by atoms with E-state index in [4.69, 9.17) is 0 Å². The molecule has 18 heavy (non-hydrogen) atoms. The van der Waals surface area contributed by atoms with Crippen LogP contribution in [-0.2, 0) is 13.0 Å². The van der Waals surface area contributed by atoms with Crippen LogP contribution in [0.1, 0.15) is 35.1 Å². The smallest absolute Gasteiger partial charge is 0.152 e. The van der Waals surface area contributed by atoms with Gasteiger partial charge in [-0.1, -0.05) is 13.0 Å². The lowest BCUT2D eigenvalue weighted by atomic mass is 10.1. The highest BCUT2D eigenvalue weighted by Crippen LogP contribution is 2.13. The van der Waals surface area contributed by atoms with E-state index in [2.05, 4.69) is 16.5 Å². The van der Waals surface area contributed by atoms with Gasteiger partial charge in [-0.3, -0.25) is 4.79 Å². The molecule has 1 aromatic heterocycles. The van der Waals surface area contributed by atoms with Crippen LogP contribution in [0, 0.1) is 5.82 Å². The second-order valence-electron chi connectivity index (χ2n) is 4.19.